The maximum absolute atomic E-state index is 13.9. The Morgan fingerprint density at radius 2 is 1.19 bits per heavy atom. The third kappa shape index (κ3) is 12.7. The minimum absolute atomic E-state index is 0.00225. The van der Waals surface area contributed by atoms with E-state index < -0.39 is 84.3 Å². The second kappa shape index (κ2) is 22.0. The number of aliphatic carboxylic acids is 1. The lowest BCUT2D eigenvalue weighted by Gasteiger charge is -2.30. The Morgan fingerprint density at radius 1 is 0.707 bits per heavy atom. The number of aliphatic hydroxyl groups is 1. The van der Waals surface area contributed by atoms with Crippen LogP contribution in [0.5, 0.6) is 0 Å². The average Bonchev–Trinajstić information content (AvgIpc) is 3.92. The third-order valence-electron chi connectivity index (χ3n) is 10.1. The number of rotatable bonds is 20. The van der Waals surface area contributed by atoms with E-state index in [0.29, 0.717) is 36.9 Å². The minimum atomic E-state index is -1.50. The fraction of sp³-hybridized carbons (Fsp3) is 0.487. The number of benzene rings is 2. The molecule has 2 heterocycles. The number of aliphatic hydroxyl groups excluding tert-OH is 1. The zero-order chi connectivity index (χ0) is 42.2. The predicted octanol–water partition coefficient (Wildman–Crippen LogP) is -2.52. The number of carboxylic acid groups (broad SMARTS) is 1. The molecule has 6 atom stereocenters. The summed E-state index contributed by atoms with van der Waals surface area (Å²) in [6.07, 6.45) is 1.85. The summed E-state index contributed by atoms with van der Waals surface area (Å²) in [6.45, 7) is -0.514. The average molecular weight is 807 g/mol. The third-order valence-corrected chi connectivity index (χ3v) is 10.1. The monoisotopic (exact) mass is 806 g/mol. The van der Waals surface area contributed by atoms with E-state index in [1.807, 2.05) is 0 Å². The summed E-state index contributed by atoms with van der Waals surface area (Å²) < 4.78 is 0. The molecular formula is C39H54N10O9. The van der Waals surface area contributed by atoms with Crippen LogP contribution < -0.4 is 38.5 Å². The molecule has 58 heavy (non-hydrogen) atoms. The van der Waals surface area contributed by atoms with Crippen LogP contribution >= 0.6 is 0 Å². The number of aliphatic imine (C=N–C) groups is 1. The van der Waals surface area contributed by atoms with Gasteiger partial charge in [0.05, 0.1) is 13.2 Å². The highest BCUT2D eigenvalue weighted by Crippen LogP contribution is 2.21. The van der Waals surface area contributed by atoms with Crippen molar-refractivity contribution < 1.29 is 43.8 Å². The molecule has 19 heteroatoms. The Morgan fingerprint density at radius 3 is 1.66 bits per heavy atom. The normalized spacial score (nSPS) is 18.2. The molecule has 12 N–H and O–H groups in total. The number of amides is 6. The summed E-state index contributed by atoms with van der Waals surface area (Å²) in [4.78, 5) is 99.6. The van der Waals surface area contributed by atoms with E-state index in [1.54, 1.807) is 60.7 Å². The fourth-order valence-corrected chi connectivity index (χ4v) is 7.10. The van der Waals surface area contributed by atoms with Gasteiger partial charge < -0.3 is 58.5 Å². The zero-order valence-electron chi connectivity index (χ0n) is 32.3. The van der Waals surface area contributed by atoms with Crippen LogP contribution in [0.1, 0.15) is 49.7 Å². The van der Waals surface area contributed by atoms with Crippen LogP contribution in [0.15, 0.2) is 65.7 Å². The van der Waals surface area contributed by atoms with Crippen LogP contribution in [-0.4, -0.2) is 136 Å². The Balaban J connectivity index is 1.48. The maximum atomic E-state index is 13.9. The number of likely N-dealkylation sites (tertiary alicyclic amines) is 2. The van der Waals surface area contributed by atoms with Crippen molar-refractivity contribution in [3.05, 3.63) is 71.8 Å². The molecule has 6 amide bonds. The van der Waals surface area contributed by atoms with Gasteiger partial charge in [-0.05, 0) is 49.7 Å². The largest absolute Gasteiger partial charge is 0.480 e. The number of guanidine groups is 1. The van der Waals surface area contributed by atoms with E-state index in [-0.39, 0.29) is 57.7 Å². The first kappa shape index (κ1) is 44.6. The second-order valence-electron chi connectivity index (χ2n) is 14.2. The summed E-state index contributed by atoms with van der Waals surface area (Å²) in [5.41, 5.74) is 17.6. The molecule has 2 aliphatic heterocycles. The zero-order valence-corrected chi connectivity index (χ0v) is 32.3. The van der Waals surface area contributed by atoms with Gasteiger partial charge in [0, 0.05) is 32.5 Å². The number of carboxylic acids is 1. The highest BCUT2D eigenvalue weighted by molar-refractivity contribution is 5.97. The first-order valence-electron chi connectivity index (χ1n) is 19.3. The van der Waals surface area contributed by atoms with E-state index in [2.05, 4.69) is 26.3 Å². The summed E-state index contributed by atoms with van der Waals surface area (Å²) in [5, 5.41) is 30.6. The molecule has 314 valence electrons. The molecular weight excluding hydrogens is 752 g/mol. The van der Waals surface area contributed by atoms with Crippen LogP contribution in [0.3, 0.4) is 0 Å². The lowest BCUT2D eigenvalue weighted by molar-refractivity contribution is -0.144. The molecule has 0 aromatic heterocycles. The van der Waals surface area contributed by atoms with E-state index in [0.717, 1.165) is 0 Å². The van der Waals surface area contributed by atoms with Crippen molar-refractivity contribution in [3.8, 4) is 0 Å². The molecule has 0 bridgehead atoms. The SMILES string of the molecule is NCC(=O)N1CCC[C@H]1C(=O)N[C@@H](Cc1ccccc1)C(=O)N[C@@H](CO)C(=O)N1CCC[C@H]1C(=O)N[C@@H](Cc1ccccc1)C(=O)N[C@@H](CCCN=C(N)N)C(=O)O. The highest BCUT2D eigenvalue weighted by Gasteiger charge is 2.40. The van der Waals surface area contributed by atoms with Crippen molar-refractivity contribution >= 4 is 47.4 Å². The summed E-state index contributed by atoms with van der Waals surface area (Å²) in [7, 11) is 0. The van der Waals surface area contributed by atoms with Crippen molar-refractivity contribution in [2.75, 3.05) is 32.8 Å². The van der Waals surface area contributed by atoms with E-state index >= 15 is 0 Å². The molecule has 4 rings (SSSR count). The summed E-state index contributed by atoms with van der Waals surface area (Å²) >= 11 is 0. The number of hydrogen-bond acceptors (Lipinski definition) is 10. The van der Waals surface area contributed by atoms with Crippen molar-refractivity contribution in [2.45, 2.75) is 87.6 Å². The van der Waals surface area contributed by atoms with Gasteiger partial charge in [0.25, 0.3) is 0 Å². The van der Waals surface area contributed by atoms with Gasteiger partial charge in [-0.15, -0.1) is 0 Å². The Hall–Kier alpha value is -6.08. The van der Waals surface area contributed by atoms with Gasteiger partial charge in [-0.1, -0.05) is 60.7 Å². The smallest absolute Gasteiger partial charge is 0.326 e. The fourth-order valence-electron chi connectivity index (χ4n) is 7.10. The number of nitrogens with zero attached hydrogens (tertiary/aromatic N) is 3. The molecule has 2 aromatic rings. The molecule has 19 nitrogen and oxygen atoms in total. The summed E-state index contributed by atoms with van der Waals surface area (Å²) in [6, 6.07) is 10.4. The molecule has 0 spiro atoms. The van der Waals surface area contributed by atoms with Crippen molar-refractivity contribution in [3.63, 3.8) is 0 Å². The van der Waals surface area contributed by atoms with Crippen molar-refractivity contribution in [1.82, 2.24) is 31.1 Å². The molecule has 0 radical (unpaired) electrons. The number of nitrogens with one attached hydrogen (secondary N) is 4. The second-order valence-corrected chi connectivity index (χ2v) is 14.2. The van der Waals surface area contributed by atoms with Gasteiger partial charge in [0.1, 0.15) is 36.3 Å². The molecule has 2 fully saturated rings. The quantitative estimate of drug-likeness (QED) is 0.0381. The lowest BCUT2D eigenvalue weighted by atomic mass is 10.0. The molecule has 0 aliphatic carbocycles. The van der Waals surface area contributed by atoms with Gasteiger partial charge in [0.15, 0.2) is 5.96 Å². The van der Waals surface area contributed by atoms with Crippen LogP contribution in [0.25, 0.3) is 0 Å². The molecule has 2 aromatic carbocycles. The lowest BCUT2D eigenvalue weighted by Crippen LogP contribution is -2.60. The molecule has 0 unspecified atom stereocenters. The van der Waals surface area contributed by atoms with Gasteiger partial charge in [-0.25, -0.2) is 4.79 Å². The van der Waals surface area contributed by atoms with Gasteiger partial charge in [-0.3, -0.25) is 33.8 Å². The maximum Gasteiger partial charge on any atom is 0.326 e. The van der Waals surface area contributed by atoms with Crippen LogP contribution in [0.2, 0.25) is 0 Å². The number of carbonyl (C=O) groups excluding carboxylic acids is 6. The number of hydrogen-bond donors (Lipinski definition) is 9. The van der Waals surface area contributed by atoms with Gasteiger partial charge in [0.2, 0.25) is 35.4 Å². The Labute approximate surface area is 336 Å². The minimum Gasteiger partial charge on any atom is -0.480 e. The Kier molecular flexibility index (Phi) is 16.9. The topological polar surface area (TPSA) is 305 Å². The van der Waals surface area contributed by atoms with Crippen molar-refractivity contribution in [1.29, 1.82) is 0 Å². The molecule has 2 saturated heterocycles. The standard InChI is InChI=1S/C39H54N10O9/c40-22-32(51)48-18-8-15-30(48)35(54)45-28(21-25-12-5-2-6-13-25)34(53)47-29(23-50)37(56)49-19-9-16-31(49)36(55)46-27(20-24-10-3-1-4-11-24)33(52)44-26(38(57)58)14-7-17-43-39(41)42/h1-6,10-13,26-31,50H,7-9,14-23,40H2,(H,44,52)(H,45,54)(H,46,55)(H,47,53)(H,57,58)(H4,41,42,43)/t26-,27-,28-,29-,30-,31-/m0/s1. The van der Waals surface area contributed by atoms with Crippen LogP contribution in [0.4, 0.5) is 0 Å². The first-order chi connectivity index (χ1) is 27.8. The molecule has 2 aliphatic rings. The van der Waals surface area contributed by atoms with E-state index in [1.165, 1.54) is 9.80 Å². The van der Waals surface area contributed by atoms with Crippen LogP contribution in [-0.2, 0) is 46.4 Å². The first-order valence-corrected chi connectivity index (χ1v) is 19.3. The number of carbonyl (C=O) groups is 7. The molecule has 0 saturated carbocycles. The van der Waals surface area contributed by atoms with Gasteiger partial charge in [-0.2, -0.15) is 0 Å². The van der Waals surface area contributed by atoms with Gasteiger partial charge >= 0.3 is 5.97 Å². The van der Waals surface area contributed by atoms with Crippen LogP contribution in [0, 0.1) is 0 Å². The predicted molar refractivity (Wildman–Crippen MR) is 211 cm³/mol. The van der Waals surface area contributed by atoms with E-state index in [9.17, 15) is 43.8 Å². The Bertz CT molecular complexity index is 1780. The highest BCUT2D eigenvalue weighted by atomic mass is 16.4. The van der Waals surface area contributed by atoms with E-state index in [4.69, 9.17) is 17.2 Å². The number of nitrogens with two attached hydrogens (primary N) is 3. The van der Waals surface area contributed by atoms with Crippen molar-refractivity contribution in [2.24, 2.45) is 22.2 Å². The summed E-state index contributed by atoms with van der Waals surface area (Å²) in [5.74, 6) is -5.39.